The molecule has 19 heavy (non-hydrogen) atoms. The van der Waals surface area contributed by atoms with Crippen LogP contribution in [0.3, 0.4) is 0 Å². The number of aromatic carboxylic acids is 1. The summed E-state index contributed by atoms with van der Waals surface area (Å²) in [6.07, 6.45) is 0. The third-order valence-corrected chi connectivity index (χ3v) is 3.34. The van der Waals surface area contributed by atoms with Crippen molar-refractivity contribution in [3.8, 4) is 17.0 Å². The molecule has 5 nitrogen and oxygen atoms in total. The molecule has 0 amide bonds. The van der Waals surface area contributed by atoms with Crippen molar-refractivity contribution in [3.63, 3.8) is 0 Å². The number of nitrogens with one attached hydrogen (secondary N) is 1. The number of carboxylic acids is 1. The number of nitrogens with zero attached hydrogens (tertiary/aromatic N) is 1. The van der Waals surface area contributed by atoms with E-state index in [-0.39, 0.29) is 5.69 Å². The standard InChI is InChI=1S/C13H13ClN2O3/c1-6-4-7(2)12(19-3)10(11(6)14)8-5-9(13(17)18)16-15-8/h4-5H,1-3H3,(H,15,16)(H,17,18). The average Bonchev–Trinajstić information content (AvgIpc) is 2.82. The molecule has 2 rings (SSSR count). The molecule has 0 aliphatic carbocycles. The number of carbonyl (C=O) groups is 1. The molecule has 1 aromatic heterocycles. The lowest BCUT2D eigenvalue weighted by Crippen LogP contribution is -1.95. The van der Waals surface area contributed by atoms with Gasteiger partial charge in [0.1, 0.15) is 11.4 Å². The Morgan fingerprint density at radius 1 is 1.37 bits per heavy atom. The van der Waals surface area contributed by atoms with Crippen LogP contribution in [0.15, 0.2) is 12.1 Å². The van der Waals surface area contributed by atoms with Crippen LogP contribution in [0.5, 0.6) is 5.75 Å². The van der Waals surface area contributed by atoms with Gasteiger partial charge >= 0.3 is 5.97 Å². The van der Waals surface area contributed by atoms with Gasteiger partial charge < -0.3 is 9.84 Å². The van der Waals surface area contributed by atoms with Crippen LogP contribution < -0.4 is 4.74 Å². The van der Waals surface area contributed by atoms with Gasteiger partial charge in [-0.15, -0.1) is 0 Å². The number of benzene rings is 1. The van der Waals surface area contributed by atoms with Crippen molar-refractivity contribution in [3.05, 3.63) is 34.0 Å². The van der Waals surface area contributed by atoms with E-state index in [1.807, 2.05) is 19.9 Å². The SMILES string of the molecule is COc1c(C)cc(C)c(Cl)c1-c1cc(C(=O)O)[nH]n1. The van der Waals surface area contributed by atoms with Gasteiger partial charge in [0, 0.05) is 0 Å². The molecule has 1 aromatic carbocycles. The first-order valence-corrected chi connectivity index (χ1v) is 5.96. The van der Waals surface area contributed by atoms with Crippen molar-refractivity contribution in [2.75, 3.05) is 7.11 Å². The minimum Gasteiger partial charge on any atom is -0.496 e. The highest BCUT2D eigenvalue weighted by molar-refractivity contribution is 6.34. The minimum atomic E-state index is -1.07. The van der Waals surface area contributed by atoms with Gasteiger partial charge in [0.25, 0.3) is 0 Å². The van der Waals surface area contributed by atoms with Gasteiger partial charge in [-0.25, -0.2) is 4.79 Å². The third kappa shape index (κ3) is 2.29. The fraction of sp³-hybridized carbons (Fsp3) is 0.231. The van der Waals surface area contributed by atoms with Crippen molar-refractivity contribution < 1.29 is 14.6 Å². The Morgan fingerprint density at radius 3 is 2.58 bits per heavy atom. The van der Waals surface area contributed by atoms with Crippen LogP contribution in [-0.2, 0) is 0 Å². The number of carboxylic acid groups (broad SMARTS) is 1. The van der Waals surface area contributed by atoms with Gasteiger partial charge in [0.15, 0.2) is 0 Å². The van der Waals surface area contributed by atoms with Crippen LogP contribution in [0.1, 0.15) is 21.6 Å². The summed E-state index contributed by atoms with van der Waals surface area (Å²) in [7, 11) is 1.54. The molecule has 2 N–H and O–H groups in total. The lowest BCUT2D eigenvalue weighted by Gasteiger charge is -2.13. The summed E-state index contributed by atoms with van der Waals surface area (Å²) < 4.78 is 5.35. The first-order chi connectivity index (χ1) is 8.95. The lowest BCUT2D eigenvalue weighted by molar-refractivity contribution is 0.0690. The number of aryl methyl sites for hydroxylation is 2. The largest absolute Gasteiger partial charge is 0.496 e. The molecule has 0 spiro atoms. The first-order valence-electron chi connectivity index (χ1n) is 5.58. The van der Waals surface area contributed by atoms with Gasteiger partial charge in [0.05, 0.1) is 23.4 Å². The Kier molecular flexibility index (Phi) is 3.48. The van der Waals surface area contributed by atoms with E-state index in [1.165, 1.54) is 6.07 Å². The van der Waals surface area contributed by atoms with E-state index in [4.69, 9.17) is 21.4 Å². The van der Waals surface area contributed by atoms with Crippen molar-refractivity contribution in [1.29, 1.82) is 0 Å². The molecular weight excluding hydrogens is 268 g/mol. The number of hydrogen-bond donors (Lipinski definition) is 2. The van der Waals surface area contributed by atoms with E-state index < -0.39 is 5.97 Å². The summed E-state index contributed by atoms with van der Waals surface area (Å²) >= 11 is 6.29. The Balaban J connectivity index is 2.69. The maximum absolute atomic E-state index is 10.9. The highest BCUT2D eigenvalue weighted by Gasteiger charge is 2.19. The zero-order valence-electron chi connectivity index (χ0n) is 10.7. The first kappa shape index (κ1) is 13.4. The number of hydrogen-bond acceptors (Lipinski definition) is 3. The topological polar surface area (TPSA) is 75.2 Å². The molecule has 0 unspecified atom stereocenters. The van der Waals surface area contributed by atoms with Crippen molar-refractivity contribution in [2.45, 2.75) is 13.8 Å². The molecule has 100 valence electrons. The summed E-state index contributed by atoms with van der Waals surface area (Å²) in [5, 5.41) is 15.9. The smallest absolute Gasteiger partial charge is 0.353 e. The fourth-order valence-corrected chi connectivity index (χ4v) is 2.24. The molecule has 0 saturated carbocycles. The molecule has 0 atom stereocenters. The number of halogens is 1. The summed E-state index contributed by atoms with van der Waals surface area (Å²) in [4.78, 5) is 10.9. The molecular formula is C13H13ClN2O3. The van der Waals surface area contributed by atoms with Gasteiger partial charge in [-0.2, -0.15) is 5.10 Å². The zero-order valence-corrected chi connectivity index (χ0v) is 11.5. The second kappa shape index (κ2) is 4.93. The van der Waals surface area contributed by atoms with E-state index in [9.17, 15) is 4.79 Å². The van der Waals surface area contributed by atoms with Gasteiger partial charge in [-0.1, -0.05) is 17.7 Å². The second-order valence-corrected chi connectivity index (χ2v) is 4.58. The molecule has 1 heterocycles. The number of aromatic nitrogens is 2. The van der Waals surface area contributed by atoms with Crippen molar-refractivity contribution >= 4 is 17.6 Å². The van der Waals surface area contributed by atoms with E-state index in [0.29, 0.717) is 22.0 Å². The van der Waals surface area contributed by atoms with Gasteiger partial charge in [0.2, 0.25) is 0 Å². The molecule has 6 heteroatoms. The minimum absolute atomic E-state index is 0.00674. The molecule has 0 aliphatic rings. The molecule has 0 saturated heterocycles. The van der Waals surface area contributed by atoms with Gasteiger partial charge in [-0.05, 0) is 31.0 Å². The van der Waals surface area contributed by atoms with Crippen LogP contribution in [-0.4, -0.2) is 28.4 Å². The predicted octanol–water partition coefficient (Wildman–Crippen LogP) is 3.05. The Hall–Kier alpha value is -2.01. The quantitative estimate of drug-likeness (QED) is 0.906. The number of ether oxygens (including phenoxy) is 1. The van der Waals surface area contributed by atoms with Crippen molar-refractivity contribution in [1.82, 2.24) is 10.2 Å². The number of rotatable bonds is 3. The van der Waals surface area contributed by atoms with E-state index in [2.05, 4.69) is 10.2 Å². The Morgan fingerprint density at radius 2 is 2.05 bits per heavy atom. The van der Waals surface area contributed by atoms with Crippen LogP contribution >= 0.6 is 11.6 Å². The van der Waals surface area contributed by atoms with Crippen LogP contribution in [0.4, 0.5) is 0 Å². The summed E-state index contributed by atoms with van der Waals surface area (Å²) in [6, 6.07) is 3.35. The maximum atomic E-state index is 10.9. The molecule has 0 radical (unpaired) electrons. The monoisotopic (exact) mass is 280 g/mol. The predicted molar refractivity (Wildman–Crippen MR) is 72.0 cm³/mol. The highest BCUT2D eigenvalue weighted by Crippen LogP contribution is 2.40. The zero-order chi connectivity index (χ0) is 14.2. The Bertz CT molecular complexity index is 650. The maximum Gasteiger partial charge on any atom is 0.353 e. The highest BCUT2D eigenvalue weighted by atomic mass is 35.5. The Labute approximate surface area is 115 Å². The summed E-state index contributed by atoms with van der Waals surface area (Å²) in [5.41, 5.74) is 2.86. The summed E-state index contributed by atoms with van der Waals surface area (Å²) in [5.74, 6) is -0.475. The molecule has 0 fully saturated rings. The third-order valence-electron chi connectivity index (χ3n) is 2.85. The number of aromatic amines is 1. The van der Waals surface area contributed by atoms with E-state index >= 15 is 0 Å². The van der Waals surface area contributed by atoms with Crippen LogP contribution in [0, 0.1) is 13.8 Å². The lowest BCUT2D eigenvalue weighted by atomic mass is 10.0. The second-order valence-electron chi connectivity index (χ2n) is 4.20. The van der Waals surface area contributed by atoms with Crippen LogP contribution in [0.2, 0.25) is 5.02 Å². The van der Waals surface area contributed by atoms with E-state index in [0.717, 1.165) is 11.1 Å². The number of methoxy groups -OCH3 is 1. The molecule has 2 aromatic rings. The average molecular weight is 281 g/mol. The molecule has 0 aliphatic heterocycles. The fourth-order valence-electron chi connectivity index (χ4n) is 2.00. The van der Waals surface area contributed by atoms with Crippen LogP contribution in [0.25, 0.3) is 11.3 Å². The van der Waals surface area contributed by atoms with E-state index in [1.54, 1.807) is 7.11 Å². The molecule has 0 bridgehead atoms. The number of H-pyrrole nitrogens is 1. The van der Waals surface area contributed by atoms with Crippen molar-refractivity contribution in [2.24, 2.45) is 0 Å². The summed E-state index contributed by atoms with van der Waals surface area (Å²) in [6.45, 7) is 3.78. The van der Waals surface area contributed by atoms with Gasteiger partial charge in [-0.3, -0.25) is 5.10 Å². The normalized spacial score (nSPS) is 10.5.